The topological polar surface area (TPSA) is 80.2 Å². The van der Waals surface area contributed by atoms with Gasteiger partial charge in [0.2, 0.25) is 0 Å². The molecule has 0 saturated heterocycles. The molecule has 2 N–H and O–H groups in total. The molecule has 5 aromatic rings. The summed E-state index contributed by atoms with van der Waals surface area (Å²) in [7, 11) is 0. The summed E-state index contributed by atoms with van der Waals surface area (Å²) in [5, 5.41) is 3.82. The Bertz CT molecular complexity index is 1310. The molecule has 0 bridgehead atoms. The monoisotopic (exact) mass is 411 g/mol. The average Bonchev–Trinajstić information content (AvgIpc) is 3.39. The quantitative estimate of drug-likeness (QED) is 0.401. The highest BCUT2D eigenvalue weighted by Gasteiger charge is 2.21. The van der Waals surface area contributed by atoms with Gasteiger partial charge < -0.3 is 19.5 Å². The SMILES string of the molecule is O=C(NCCc1nc2ccccc2[nH]1)c1oc2ccccc2c1COc1ccccc1. The highest BCUT2D eigenvalue weighted by Crippen LogP contribution is 2.27. The zero-order valence-electron chi connectivity index (χ0n) is 16.8. The third kappa shape index (κ3) is 4.00. The van der Waals surface area contributed by atoms with Gasteiger partial charge >= 0.3 is 0 Å². The normalized spacial score (nSPS) is 11.1. The van der Waals surface area contributed by atoms with Gasteiger partial charge in [0.15, 0.2) is 5.76 Å². The molecule has 6 heteroatoms. The summed E-state index contributed by atoms with van der Waals surface area (Å²) >= 11 is 0. The molecule has 154 valence electrons. The lowest BCUT2D eigenvalue weighted by atomic mass is 10.1. The van der Waals surface area contributed by atoms with Crippen LogP contribution in [0, 0.1) is 0 Å². The zero-order valence-corrected chi connectivity index (χ0v) is 16.8. The molecule has 0 saturated carbocycles. The molecule has 0 radical (unpaired) electrons. The molecule has 5 rings (SSSR count). The molecule has 2 heterocycles. The second-order valence-corrected chi connectivity index (χ2v) is 7.21. The van der Waals surface area contributed by atoms with Crippen molar-refractivity contribution in [2.75, 3.05) is 6.54 Å². The first-order valence-corrected chi connectivity index (χ1v) is 10.2. The molecule has 6 nitrogen and oxygen atoms in total. The van der Waals surface area contributed by atoms with Crippen molar-refractivity contribution in [1.29, 1.82) is 0 Å². The fraction of sp³-hybridized carbons (Fsp3) is 0.120. The van der Waals surface area contributed by atoms with Crippen LogP contribution in [0.2, 0.25) is 0 Å². The predicted octanol–water partition coefficient (Wildman–Crippen LogP) is 4.86. The summed E-state index contributed by atoms with van der Waals surface area (Å²) in [4.78, 5) is 20.7. The van der Waals surface area contributed by atoms with E-state index in [1.807, 2.05) is 78.9 Å². The third-order valence-electron chi connectivity index (χ3n) is 5.12. The molecular weight excluding hydrogens is 390 g/mol. The molecule has 1 amide bonds. The Labute approximate surface area is 178 Å². The maximum atomic E-state index is 12.9. The number of H-pyrrole nitrogens is 1. The fourth-order valence-corrected chi connectivity index (χ4v) is 3.60. The number of fused-ring (bicyclic) bond motifs is 2. The molecule has 2 aromatic heterocycles. The molecule has 0 aliphatic rings. The number of ether oxygens (including phenoxy) is 1. The average molecular weight is 411 g/mol. The first kappa shape index (κ1) is 18.9. The minimum Gasteiger partial charge on any atom is -0.489 e. The standard InChI is InChI=1S/C25H21N3O3/c29-25(26-15-14-23-27-20-11-5-6-12-21(20)28-23)24-19(16-30-17-8-2-1-3-9-17)18-10-4-7-13-22(18)31-24/h1-13H,14-16H2,(H,26,29)(H,27,28). The Kier molecular flexibility index (Phi) is 5.10. The number of nitrogens with zero attached hydrogens (tertiary/aromatic N) is 1. The summed E-state index contributed by atoms with van der Waals surface area (Å²) in [5.74, 6) is 1.59. The highest BCUT2D eigenvalue weighted by molar-refractivity contribution is 5.99. The van der Waals surface area contributed by atoms with Crippen LogP contribution in [0.4, 0.5) is 0 Å². The van der Waals surface area contributed by atoms with Crippen molar-refractivity contribution in [3.8, 4) is 5.75 Å². The highest BCUT2D eigenvalue weighted by atomic mass is 16.5. The molecule has 3 aromatic carbocycles. The summed E-state index contributed by atoms with van der Waals surface area (Å²) < 4.78 is 11.8. The maximum Gasteiger partial charge on any atom is 0.287 e. The Morgan fingerprint density at radius 3 is 2.61 bits per heavy atom. The van der Waals surface area contributed by atoms with Crippen molar-refractivity contribution < 1.29 is 13.9 Å². The van der Waals surface area contributed by atoms with Gasteiger partial charge in [-0.05, 0) is 30.3 Å². The van der Waals surface area contributed by atoms with Crippen LogP contribution >= 0.6 is 0 Å². The number of amides is 1. The van der Waals surface area contributed by atoms with Gasteiger partial charge in [-0.3, -0.25) is 4.79 Å². The van der Waals surface area contributed by atoms with Crippen molar-refractivity contribution in [2.24, 2.45) is 0 Å². The molecule has 31 heavy (non-hydrogen) atoms. The van der Waals surface area contributed by atoms with Gasteiger partial charge in [0.25, 0.3) is 5.91 Å². The molecule has 0 unspecified atom stereocenters. The molecule has 0 aliphatic heterocycles. The van der Waals surface area contributed by atoms with Crippen molar-refractivity contribution in [3.63, 3.8) is 0 Å². The van der Waals surface area contributed by atoms with Crippen molar-refractivity contribution in [1.82, 2.24) is 15.3 Å². The van der Waals surface area contributed by atoms with E-state index in [0.717, 1.165) is 33.6 Å². The zero-order chi connectivity index (χ0) is 21.0. The lowest BCUT2D eigenvalue weighted by molar-refractivity contribution is 0.0925. The van der Waals surface area contributed by atoms with Crippen LogP contribution < -0.4 is 10.1 Å². The number of nitrogens with one attached hydrogen (secondary N) is 2. The molecule has 0 aliphatic carbocycles. The summed E-state index contributed by atoms with van der Waals surface area (Å²) in [6.07, 6.45) is 0.594. The van der Waals surface area contributed by atoms with Gasteiger partial charge in [0.05, 0.1) is 11.0 Å². The Morgan fingerprint density at radius 2 is 1.74 bits per heavy atom. The maximum absolute atomic E-state index is 12.9. The number of furan rings is 1. The third-order valence-corrected chi connectivity index (χ3v) is 5.12. The Hall–Kier alpha value is -4.06. The second kappa shape index (κ2) is 8.36. The lowest BCUT2D eigenvalue weighted by Crippen LogP contribution is -2.26. The van der Waals surface area contributed by atoms with Crippen molar-refractivity contribution in [2.45, 2.75) is 13.0 Å². The van der Waals surface area contributed by atoms with Crippen LogP contribution in [-0.2, 0) is 13.0 Å². The summed E-state index contributed by atoms with van der Waals surface area (Å²) in [5.41, 5.74) is 3.31. The predicted molar refractivity (Wildman–Crippen MR) is 119 cm³/mol. The van der Waals surface area contributed by atoms with E-state index in [9.17, 15) is 4.79 Å². The van der Waals surface area contributed by atoms with Crippen LogP contribution in [0.15, 0.2) is 83.3 Å². The van der Waals surface area contributed by atoms with Gasteiger partial charge in [-0.25, -0.2) is 4.98 Å². The van der Waals surface area contributed by atoms with Gasteiger partial charge in [-0.15, -0.1) is 0 Å². The van der Waals surface area contributed by atoms with Crippen LogP contribution in [-0.4, -0.2) is 22.4 Å². The van der Waals surface area contributed by atoms with Gasteiger partial charge in [-0.2, -0.15) is 0 Å². The lowest BCUT2D eigenvalue weighted by Gasteiger charge is -2.07. The summed E-state index contributed by atoms with van der Waals surface area (Å²) in [6, 6.07) is 25.0. The second-order valence-electron chi connectivity index (χ2n) is 7.21. The largest absolute Gasteiger partial charge is 0.489 e. The Morgan fingerprint density at radius 1 is 0.968 bits per heavy atom. The molecule has 0 fully saturated rings. The number of hydrogen-bond donors (Lipinski definition) is 2. The van der Waals surface area contributed by atoms with Crippen LogP contribution in [0.1, 0.15) is 21.9 Å². The first-order chi connectivity index (χ1) is 15.3. The summed E-state index contributed by atoms with van der Waals surface area (Å²) in [6.45, 7) is 0.683. The first-order valence-electron chi connectivity index (χ1n) is 10.2. The molecule has 0 atom stereocenters. The minimum absolute atomic E-state index is 0.243. The number of para-hydroxylation sites is 4. The van der Waals surface area contributed by atoms with E-state index in [1.54, 1.807) is 0 Å². The van der Waals surface area contributed by atoms with E-state index in [2.05, 4.69) is 15.3 Å². The van der Waals surface area contributed by atoms with E-state index >= 15 is 0 Å². The van der Waals surface area contributed by atoms with Crippen molar-refractivity contribution in [3.05, 3.63) is 96.0 Å². The number of aromatic nitrogens is 2. The number of aromatic amines is 1. The van der Waals surface area contributed by atoms with Crippen LogP contribution in [0.3, 0.4) is 0 Å². The van der Waals surface area contributed by atoms with Crippen LogP contribution in [0.5, 0.6) is 5.75 Å². The van der Waals surface area contributed by atoms with Gasteiger partial charge in [0, 0.05) is 23.9 Å². The molecular formula is C25H21N3O3. The minimum atomic E-state index is -0.265. The van der Waals surface area contributed by atoms with E-state index in [0.29, 0.717) is 18.5 Å². The van der Waals surface area contributed by atoms with Gasteiger partial charge in [-0.1, -0.05) is 48.5 Å². The van der Waals surface area contributed by atoms with E-state index in [4.69, 9.17) is 9.15 Å². The Balaban J connectivity index is 1.31. The number of carbonyl (C=O) groups excluding carboxylic acids is 1. The van der Waals surface area contributed by atoms with Crippen molar-refractivity contribution >= 4 is 27.9 Å². The number of hydrogen-bond acceptors (Lipinski definition) is 4. The number of imidazole rings is 1. The van der Waals surface area contributed by atoms with Crippen LogP contribution in [0.25, 0.3) is 22.0 Å². The van der Waals surface area contributed by atoms with E-state index in [1.165, 1.54) is 0 Å². The fourth-order valence-electron chi connectivity index (χ4n) is 3.60. The molecule has 0 spiro atoms. The smallest absolute Gasteiger partial charge is 0.287 e. The van der Waals surface area contributed by atoms with E-state index in [-0.39, 0.29) is 18.3 Å². The number of rotatable bonds is 7. The van der Waals surface area contributed by atoms with Gasteiger partial charge in [0.1, 0.15) is 23.8 Å². The van der Waals surface area contributed by atoms with E-state index < -0.39 is 0 Å². The number of carbonyl (C=O) groups is 1. The number of benzene rings is 3.